The van der Waals surface area contributed by atoms with Crippen LogP contribution in [0, 0.1) is 0 Å². The van der Waals surface area contributed by atoms with Crippen LogP contribution in [0.5, 0.6) is 0 Å². The Morgan fingerprint density at radius 3 is 2.46 bits per heavy atom. The van der Waals surface area contributed by atoms with Crippen molar-refractivity contribution in [3.05, 3.63) is 58.8 Å². The van der Waals surface area contributed by atoms with Gasteiger partial charge in [-0.1, -0.05) is 44.2 Å². The molecule has 0 amide bonds. The van der Waals surface area contributed by atoms with Crippen LogP contribution < -0.4 is 0 Å². The maximum absolute atomic E-state index is 5.85. The molecule has 126 valence electrons. The van der Waals surface area contributed by atoms with E-state index in [4.69, 9.17) is 4.42 Å². The zero-order chi connectivity index (χ0) is 17.1. The number of nitrogens with zero attached hydrogens (tertiary/aromatic N) is 3. The Balaban J connectivity index is 1.67. The zero-order valence-corrected chi connectivity index (χ0v) is 15.4. The first-order valence-electron chi connectivity index (χ1n) is 8.21. The van der Waals surface area contributed by atoms with Crippen molar-refractivity contribution in [3.8, 4) is 10.8 Å². The molecule has 4 nitrogen and oxygen atoms in total. The molecule has 3 rings (SSSR count). The van der Waals surface area contributed by atoms with Gasteiger partial charge >= 0.3 is 0 Å². The van der Waals surface area contributed by atoms with Crippen molar-refractivity contribution in [2.45, 2.75) is 39.3 Å². The number of thiophene rings is 1. The van der Waals surface area contributed by atoms with Crippen LogP contribution in [0.25, 0.3) is 10.8 Å². The lowest BCUT2D eigenvalue weighted by Crippen LogP contribution is -2.22. The van der Waals surface area contributed by atoms with Crippen LogP contribution in [0.4, 0.5) is 0 Å². The summed E-state index contributed by atoms with van der Waals surface area (Å²) < 4.78 is 5.85. The minimum Gasteiger partial charge on any atom is -0.418 e. The topological polar surface area (TPSA) is 42.2 Å². The lowest BCUT2D eigenvalue weighted by molar-refractivity contribution is 0.218. The molecule has 0 aliphatic carbocycles. The van der Waals surface area contributed by atoms with Gasteiger partial charge in [0, 0.05) is 6.54 Å². The Hall–Kier alpha value is -1.98. The fraction of sp³-hybridized carbons (Fsp3) is 0.368. The lowest BCUT2D eigenvalue weighted by Gasteiger charge is -2.22. The first-order chi connectivity index (χ1) is 11.5. The predicted molar refractivity (Wildman–Crippen MR) is 98.0 cm³/mol. The molecule has 1 unspecified atom stereocenters. The van der Waals surface area contributed by atoms with Gasteiger partial charge in [0.25, 0.3) is 5.89 Å². The first kappa shape index (κ1) is 16.9. The second-order valence-corrected chi connectivity index (χ2v) is 7.36. The minimum absolute atomic E-state index is 0.0657. The third-order valence-corrected chi connectivity index (χ3v) is 5.13. The van der Waals surface area contributed by atoms with Crippen LogP contribution in [-0.2, 0) is 6.54 Å². The molecule has 0 radical (unpaired) electrons. The van der Waals surface area contributed by atoms with Crippen molar-refractivity contribution >= 4 is 11.3 Å². The van der Waals surface area contributed by atoms with Crippen molar-refractivity contribution in [2.75, 3.05) is 7.05 Å². The largest absolute Gasteiger partial charge is 0.418 e. The lowest BCUT2D eigenvalue weighted by atomic mass is 10.0. The summed E-state index contributed by atoms with van der Waals surface area (Å²) in [5.41, 5.74) is 2.65. The fourth-order valence-electron chi connectivity index (χ4n) is 2.52. The van der Waals surface area contributed by atoms with Gasteiger partial charge in [-0.3, -0.25) is 4.90 Å². The van der Waals surface area contributed by atoms with Crippen LogP contribution in [0.1, 0.15) is 49.7 Å². The number of benzene rings is 1. The van der Waals surface area contributed by atoms with E-state index in [1.54, 1.807) is 11.3 Å². The quantitative estimate of drug-likeness (QED) is 0.624. The van der Waals surface area contributed by atoms with E-state index in [1.807, 2.05) is 17.5 Å². The molecule has 0 aliphatic rings. The van der Waals surface area contributed by atoms with E-state index < -0.39 is 0 Å². The summed E-state index contributed by atoms with van der Waals surface area (Å²) in [6, 6.07) is 12.9. The molecule has 24 heavy (non-hydrogen) atoms. The summed E-state index contributed by atoms with van der Waals surface area (Å²) in [4.78, 5) is 3.23. The van der Waals surface area contributed by atoms with Crippen LogP contribution in [0.3, 0.4) is 0 Å². The second-order valence-electron chi connectivity index (χ2n) is 6.41. The molecular weight excluding hydrogens is 318 g/mol. The van der Waals surface area contributed by atoms with Crippen molar-refractivity contribution in [3.63, 3.8) is 0 Å². The van der Waals surface area contributed by atoms with Gasteiger partial charge < -0.3 is 4.42 Å². The SMILES string of the molecule is CC(C)c1ccc(CN(C)C(C)c2nnc(-c3cccs3)o2)cc1. The molecule has 3 aromatic rings. The van der Waals surface area contributed by atoms with E-state index in [2.05, 4.69) is 67.2 Å². The van der Waals surface area contributed by atoms with Crippen molar-refractivity contribution < 1.29 is 4.42 Å². The highest BCUT2D eigenvalue weighted by molar-refractivity contribution is 7.13. The van der Waals surface area contributed by atoms with Crippen LogP contribution >= 0.6 is 11.3 Å². The van der Waals surface area contributed by atoms with Crippen LogP contribution in [0.2, 0.25) is 0 Å². The molecule has 0 spiro atoms. The summed E-state index contributed by atoms with van der Waals surface area (Å²) in [5, 5.41) is 10.4. The summed E-state index contributed by atoms with van der Waals surface area (Å²) in [6.07, 6.45) is 0. The Bertz CT molecular complexity index is 762. The van der Waals surface area contributed by atoms with E-state index in [0.29, 0.717) is 17.7 Å². The molecule has 0 saturated heterocycles. The highest BCUT2D eigenvalue weighted by Crippen LogP contribution is 2.27. The molecular formula is C19H23N3OS. The summed E-state index contributed by atoms with van der Waals surface area (Å²) in [5.74, 6) is 1.81. The smallest absolute Gasteiger partial charge is 0.257 e. The molecule has 1 atom stereocenters. The van der Waals surface area contributed by atoms with Gasteiger partial charge in [0.15, 0.2) is 0 Å². The molecule has 2 heterocycles. The van der Waals surface area contributed by atoms with Crippen molar-refractivity contribution in [1.82, 2.24) is 15.1 Å². The Labute approximate surface area is 147 Å². The summed E-state index contributed by atoms with van der Waals surface area (Å²) >= 11 is 1.61. The number of hydrogen-bond acceptors (Lipinski definition) is 5. The second kappa shape index (κ2) is 7.28. The molecule has 2 aromatic heterocycles. The van der Waals surface area contributed by atoms with Gasteiger partial charge in [-0.05, 0) is 42.5 Å². The van der Waals surface area contributed by atoms with E-state index in [0.717, 1.165) is 11.4 Å². The molecule has 0 bridgehead atoms. The van der Waals surface area contributed by atoms with Gasteiger partial charge in [-0.25, -0.2) is 0 Å². The van der Waals surface area contributed by atoms with Gasteiger partial charge in [-0.15, -0.1) is 21.5 Å². The Morgan fingerprint density at radius 2 is 1.83 bits per heavy atom. The van der Waals surface area contributed by atoms with Gasteiger partial charge in [-0.2, -0.15) is 0 Å². The standard InChI is InChI=1S/C19H23N3OS/c1-13(2)16-9-7-15(8-10-16)12-22(4)14(3)18-20-21-19(23-18)17-6-5-11-24-17/h5-11,13-14H,12H2,1-4H3. The van der Waals surface area contributed by atoms with E-state index in [9.17, 15) is 0 Å². The molecule has 0 fully saturated rings. The van der Waals surface area contributed by atoms with Crippen molar-refractivity contribution in [1.29, 1.82) is 0 Å². The normalized spacial score (nSPS) is 12.9. The molecule has 0 N–H and O–H groups in total. The maximum atomic E-state index is 5.85. The number of rotatable bonds is 6. The average Bonchev–Trinajstić information content (AvgIpc) is 3.25. The number of hydrogen-bond donors (Lipinski definition) is 0. The number of aromatic nitrogens is 2. The fourth-order valence-corrected chi connectivity index (χ4v) is 3.17. The summed E-state index contributed by atoms with van der Waals surface area (Å²) in [7, 11) is 2.08. The monoisotopic (exact) mass is 341 g/mol. The highest BCUT2D eigenvalue weighted by Gasteiger charge is 2.19. The van der Waals surface area contributed by atoms with Crippen LogP contribution in [-0.4, -0.2) is 22.1 Å². The van der Waals surface area contributed by atoms with Gasteiger partial charge in [0.05, 0.1) is 10.9 Å². The Kier molecular flexibility index (Phi) is 5.11. The Morgan fingerprint density at radius 1 is 1.08 bits per heavy atom. The third-order valence-electron chi connectivity index (χ3n) is 4.27. The third kappa shape index (κ3) is 3.74. The van der Waals surface area contributed by atoms with Gasteiger partial charge in [0.1, 0.15) is 0 Å². The van der Waals surface area contributed by atoms with E-state index in [-0.39, 0.29) is 6.04 Å². The molecule has 5 heteroatoms. The summed E-state index contributed by atoms with van der Waals surface area (Å²) in [6.45, 7) is 7.36. The van der Waals surface area contributed by atoms with E-state index in [1.165, 1.54) is 11.1 Å². The average molecular weight is 341 g/mol. The maximum Gasteiger partial charge on any atom is 0.257 e. The molecule has 1 aromatic carbocycles. The van der Waals surface area contributed by atoms with Crippen molar-refractivity contribution in [2.24, 2.45) is 0 Å². The predicted octanol–water partition coefficient (Wildman–Crippen LogP) is 5.11. The minimum atomic E-state index is 0.0657. The van der Waals surface area contributed by atoms with E-state index >= 15 is 0 Å². The molecule has 0 saturated carbocycles. The highest BCUT2D eigenvalue weighted by atomic mass is 32.1. The van der Waals surface area contributed by atoms with Gasteiger partial charge in [0.2, 0.25) is 5.89 Å². The first-order valence-corrected chi connectivity index (χ1v) is 9.09. The zero-order valence-electron chi connectivity index (χ0n) is 14.6. The van der Waals surface area contributed by atoms with Crippen LogP contribution in [0.15, 0.2) is 46.2 Å². The molecule has 0 aliphatic heterocycles.